The molecule has 0 aliphatic heterocycles. The van der Waals surface area contributed by atoms with E-state index in [-0.39, 0.29) is 24.4 Å². The molecule has 0 aliphatic rings. The van der Waals surface area contributed by atoms with Gasteiger partial charge in [-0.2, -0.15) is 0 Å². The normalized spacial score (nSPS) is 11.9. The summed E-state index contributed by atoms with van der Waals surface area (Å²) in [6.45, 7) is 2.06. The topological polar surface area (TPSA) is 86.6 Å². The zero-order chi connectivity index (χ0) is 16.1. The minimum Gasteiger partial charge on any atom is -0.478 e. The van der Waals surface area contributed by atoms with Crippen molar-refractivity contribution in [3.8, 4) is 0 Å². The first kappa shape index (κ1) is 16.2. The van der Waals surface area contributed by atoms with Crippen molar-refractivity contribution in [2.75, 3.05) is 6.54 Å². The fourth-order valence-corrected chi connectivity index (χ4v) is 2.87. The van der Waals surface area contributed by atoms with E-state index in [1.807, 2.05) is 31.2 Å². The molecule has 0 fully saturated rings. The van der Waals surface area contributed by atoms with Crippen molar-refractivity contribution >= 4 is 23.2 Å². The van der Waals surface area contributed by atoms with E-state index >= 15 is 0 Å². The minimum atomic E-state index is -1.00. The summed E-state index contributed by atoms with van der Waals surface area (Å²) < 4.78 is 0. The van der Waals surface area contributed by atoms with Gasteiger partial charge in [0, 0.05) is 16.8 Å². The van der Waals surface area contributed by atoms with Crippen LogP contribution in [0.5, 0.6) is 0 Å². The molecule has 6 heteroatoms. The summed E-state index contributed by atoms with van der Waals surface area (Å²) in [6, 6.07) is 8.96. The van der Waals surface area contributed by atoms with Gasteiger partial charge >= 0.3 is 5.97 Å². The van der Waals surface area contributed by atoms with Crippen LogP contribution in [0.2, 0.25) is 0 Å². The molecule has 1 aromatic carbocycles. The Morgan fingerprint density at radius 3 is 2.73 bits per heavy atom. The fraction of sp³-hybridized carbons (Fsp3) is 0.250. The highest BCUT2D eigenvalue weighted by atomic mass is 32.1. The first-order chi connectivity index (χ1) is 10.5. The molecule has 5 nitrogen and oxygen atoms in total. The number of hydrogen-bond donors (Lipinski definition) is 3. The Bertz CT molecular complexity index is 680. The van der Waals surface area contributed by atoms with Gasteiger partial charge in [-0.15, -0.1) is 11.3 Å². The van der Waals surface area contributed by atoms with Gasteiger partial charge in [0.1, 0.15) is 0 Å². The van der Waals surface area contributed by atoms with Gasteiger partial charge in [-0.3, -0.25) is 4.79 Å². The van der Waals surface area contributed by atoms with Crippen LogP contribution in [0, 0.1) is 6.92 Å². The molecule has 1 unspecified atom stereocenters. The Morgan fingerprint density at radius 2 is 2.09 bits per heavy atom. The van der Waals surface area contributed by atoms with Crippen molar-refractivity contribution in [1.82, 2.24) is 5.32 Å². The Kier molecular flexibility index (Phi) is 5.30. The van der Waals surface area contributed by atoms with Gasteiger partial charge in [0.15, 0.2) is 0 Å². The number of nitrogens with one attached hydrogen (secondary N) is 1. The summed E-state index contributed by atoms with van der Waals surface area (Å²) >= 11 is 1.23. The monoisotopic (exact) mass is 319 g/mol. The predicted molar refractivity (Wildman–Crippen MR) is 84.1 cm³/mol. The average Bonchev–Trinajstić information content (AvgIpc) is 2.93. The number of aromatic carboxylic acids is 1. The van der Waals surface area contributed by atoms with Crippen LogP contribution in [-0.2, 0) is 11.2 Å². The van der Waals surface area contributed by atoms with Crippen LogP contribution in [0.1, 0.15) is 32.5 Å². The molecule has 3 N–H and O–H groups in total. The van der Waals surface area contributed by atoms with E-state index in [1.54, 1.807) is 0 Å². The number of aryl methyl sites for hydroxylation is 1. The second-order valence-corrected chi connectivity index (χ2v) is 6.01. The molecule has 2 aromatic rings. The summed E-state index contributed by atoms with van der Waals surface area (Å²) in [5.41, 5.74) is 1.99. The first-order valence-corrected chi connectivity index (χ1v) is 7.65. The quantitative estimate of drug-likeness (QED) is 0.761. The number of aliphatic hydroxyl groups excluding tert-OH is 1. The van der Waals surface area contributed by atoms with E-state index in [0.717, 1.165) is 11.1 Å². The van der Waals surface area contributed by atoms with Crippen molar-refractivity contribution in [1.29, 1.82) is 0 Å². The van der Waals surface area contributed by atoms with E-state index in [9.17, 15) is 14.7 Å². The summed E-state index contributed by atoms with van der Waals surface area (Å²) in [4.78, 5) is 23.3. The van der Waals surface area contributed by atoms with Crippen LogP contribution in [0.4, 0.5) is 0 Å². The molecule has 0 saturated heterocycles. The number of aliphatic hydroxyl groups is 1. The molecule has 0 aliphatic carbocycles. The van der Waals surface area contributed by atoms with Crippen molar-refractivity contribution in [3.63, 3.8) is 0 Å². The van der Waals surface area contributed by atoms with Crippen LogP contribution in [0.15, 0.2) is 35.7 Å². The molecular weight excluding hydrogens is 302 g/mol. The van der Waals surface area contributed by atoms with E-state index in [4.69, 9.17) is 5.11 Å². The first-order valence-electron chi connectivity index (χ1n) is 6.77. The van der Waals surface area contributed by atoms with Gasteiger partial charge in [0.2, 0.25) is 5.91 Å². The van der Waals surface area contributed by atoms with Crippen LogP contribution in [0.3, 0.4) is 0 Å². The lowest BCUT2D eigenvalue weighted by Gasteiger charge is -2.12. The lowest BCUT2D eigenvalue weighted by molar-refractivity contribution is -0.120. The van der Waals surface area contributed by atoms with Crippen molar-refractivity contribution in [2.45, 2.75) is 19.4 Å². The van der Waals surface area contributed by atoms with Crippen molar-refractivity contribution in [2.24, 2.45) is 0 Å². The third-order valence-corrected chi connectivity index (χ3v) is 4.09. The smallest absolute Gasteiger partial charge is 0.336 e. The summed E-state index contributed by atoms with van der Waals surface area (Å²) in [6.07, 6.45) is -0.653. The molecule has 0 bridgehead atoms. The number of carbonyl (C=O) groups is 2. The molecule has 0 saturated carbocycles. The number of benzene rings is 1. The molecule has 2 rings (SSSR count). The molecule has 1 amide bonds. The molecular formula is C16H17NO4S. The second kappa shape index (κ2) is 7.20. The zero-order valence-corrected chi connectivity index (χ0v) is 12.9. The van der Waals surface area contributed by atoms with E-state index in [1.165, 1.54) is 22.8 Å². The van der Waals surface area contributed by atoms with Crippen LogP contribution in [-0.4, -0.2) is 28.6 Å². The van der Waals surface area contributed by atoms with Crippen molar-refractivity contribution < 1.29 is 19.8 Å². The lowest BCUT2D eigenvalue weighted by Crippen LogP contribution is -2.29. The highest BCUT2D eigenvalue weighted by molar-refractivity contribution is 7.10. The molecule has 1 aromatic heterocycles. The third-order valence-electron chi connectivity index (χ3n) is 3.15. The van der Waals surface area contributed by atoms with Gasteiger partial charge in [-0.05, 0) is 18.6 Å². The number of rotatable bonds is 6. The maximum Gasteiger partial charge on any atom is 0.336 e. The maximum atomic E-state index is 11.8. The van der Waals surface area contributed by atoms with Gasteiger partial charge in [-0.25, -0.2) is 4.79 Å². The zero-order valence-electron chi connectivity index (χ0n) is 12.1. The van der Waals surface area contributed by atoms with E-state index < -0.39 is 12.1 Å². The lowest BCUT2D eigenvalue weighted by atomic mass is 10.1. The summed E-state index contributed by atoms with van der Waals surface area (Å²) in [5, 5.41) is 23.0. The minimum absolute atomic E-state index is 0.110. The number of amides is 1. The molecule has 0 radical (unpaired) electrons. The van der Waals surface area contributed by atoms with Crippen LogP contribution >= 0.6 is 11.3 Å². The van der Waals surface area contributed by atoms with Crippen LogP contribution in [0.25, 0.3) is 0 Å². The number of hydrogen-bond acceptors (Lipinski definition) is 4. The average molecular weight is 319 g/mol. The second-order valence-electron chi connectivity index (χ2n) is 5.02. The van der Waals surface area contributed by atoms with E-state index in [0.29, 0.717) is 4.88 Å². The number of thiophene rings is 1. The summed E-state index contributed by atoms with van der Waals surface area (Å²) in [7, 11) is 0. The van der Waals surface area contributed by atoms with E-state index in [2.05, 4.69) is 5.32 Å². The third kappa shape index (κ3) is 4.41. The molecule has 22 heavy (non-hydrogen) atoms. The molecule has 116 valence electrons. The Balaban J connectivity index is 1.85. The Morgan fingerprint density at radius 1 is 1.32 bits per heavy atom. The standard InChI is InChI=1S/C16H17NO4S/c1-10-3-2-4-11(5-10)14(18)8-17-15(19)7-13-6-12(9-22-13)16(20)21/h2-6,9,14,18H,7-8H2,1H3,(H,17,19)(H,20,21). The van der Waals surface area contributed by atoms with Crippen molar-refractivity contribution in [3.05, 3.63) is 57.3 Å². The SMILES string of the molecule is Cc1cccc(C(O)CNC(=O)Cc2cc(C(=O)O)cs2)c1. The molecule has 1 atom stereocenters. The Hall–Kier alpha value is -2.18. The predicted octanol–water partition coefficient (Wildman–Crippen LogP) is 2.15. The fourth-order valence-electron chi connectivity index (χ4n) is 2.01. The number of carbonyl (C=O) groups excluding carboxylic acids is 1. The molecule has 1 heterocycles. The van der Waals surface area contributed by atoms with Gasteiger partial charge in [0.25, 0.3) is 0 Å². The van der Waals surface area contributed by atoms with Gasteiger partial charge in [-0.1, -0.05) is 29.8 Å². The van der Waals surface area contributed by atoms with Gasteiger partial charge in [0.05, 0.1) is 18.1 Å². The van der Waals surface area contributed by atoms with Gasteiger partial charge < -0.3 is 15.5 Å². The largest absolute Gasteiger partial charge is 0.478 e. The number of carboxylic acids is 1. The highest BCUT2D eigenvalue weighted by Gasteiger charge is 2.12. The highest BCUT2D eigenvalue weighted by Crippen LogP contribution is 2.16. The Labute approximate surface area is 132 Å². The number of carboxylic acid groups (broad SMARTS) is 1. The van der Waals surface area contributed by atoms with Crippen LogP contribution < -0.4 is 5.32 Å². The molecule has 0 spiro atoms. The summed E-state index contributed by atoms with van der Waals surface area (Å²) in [5.74, 6) is -1.25. The maximum absolute atomic E-state index is 11.8.